The molecule has 0 aromatic heterocycles. The summed E-state index contributed by atoms with van der Waals surface area (Å²) in [6, 6.07) is 0. The van der Waals surface area contributed by atoms with Crippen LogP contribution in [0.1, 0.15) is 6.92 Å². The normalized spacial score (nSPS) is 36.6. The second kappa shape index (κ2) is 1.81. The summed E-state index contributed by atoms with van der Waals surface area (Å²) in [5, 5.41) is 2.72. The Morgan fingerprint density at radius 1 is 1.80 bits per heavy atom. The van der Waals surface area contributed by atoms with Crippen LogP contribution < -0.4 is 5.32 Å². The Labute approximate surface area is 58.8 Å². The monoisotopic (exact) mass is 140 g/mol. The van der Waals surface area contributed by atoms with Crippen molar-refractivity contribution in [2.75, 3.05) is 6.54 Å². The molecule has 2 aliphatic heterocycles. The molecule has 0 spiro atoms. The number of fused-ring (bicyclic) bond motifs is 1. The maximum Gasteiger partial charge on any atom is 0.180 e. The van der Waals surface area contributed by atoms with Gasteiger partial charge >= 0.3 is 0 Å². The number of halogens is 1. The molecule has 2 heterocycles. The lowest BCUT2D eigenvalue weighted by Gasteiger charge is -2.38. The minimum Gasteiger partial charge on any atom is -0.358 e. The summed E-state index contributed by atoms with van der Waals surface area (Å²) in [4.78, 5) is 4.03. The van der Waals surface area contributed by atoms with Crippen LogP contribution >= 0.6 is 0 Å². The third-order valence-corrected chi connectivity index (χ3v) is 2.03. The first kappa shape index (κ1) is 5.89. The SMILES string of the molecule is CC1=C2NC(F)[C@H]2CN=C1. The first-order valence-corrected chi connectivity index (χ1v) is 3.40. The topological polar surface area (TPSA) is 24.4 Å². The number of rotatable bonds is 0. The number of nitrogens with one attached hydrogen (secondary N) is 1. The molecule has 0 aliphatic carbocycles. The van der Waals surface area contributed by atoms with Crippen LogP contribution in [0.2, 0.25) is 0 Å². The highest BCUT2D eigenvalue weighted by Crippen LogP contribution is 2.30. The third kappa shape index (κ3) is 0.602. The van der Waals surface area contributed by atoms with Crippen molar-refractivity contribution in [1.29, 1.82) is 0 Å². The van der Waals surface area contributed by atoms with Crippen LogP contribution in [0.25, 0.3) is 0 Å². The molecule has 1 N–H and O–H groups in total. The molecule has 2 nitrogen and oxygen atoms in total. The Morgan fingerprint density at radius 3 is 3.20 bits per heavy atom. The van der Waals surface area contributed by atoms with E-state index in [-0.39, 0.29) is 5.92 Å². The van der Waals surface area contributed by atoms with Gasteiger partial charge in [-0.2, -0.15) is 0 Å². The molecule has 0 saturated carbocycles. The standard InChI is InChI=1S/C7H9FN2/c1-4-2-9-3-5-6(4)10-7(5)8/h2,5,7,10H,3H2,1H3/t5-,7?/m0/s1. The summed E-state index contributed by atoms with van der Waals surface area (Å²) >= 11 is 0. The van der Waals surface area contributed by atoms with Crippen molar-refractivity contribution in [3.63, 3.8) is 0 Å². The van der Waals surface area contributed by atoms with Crippen molar-refractivity contribution in [2.45, 2.75) is 13.2 Å². The van der Waals surface area contributed by atoms with Crippen molar-refractivity contribution in [3.8, 4) is 0 Å². The molecule has 54 valence electrons. The Morgan fingerprint density at radius 2 is 2.60 bits per heavy atom. The van der Waals surface area contributed by atoms with E-state index in [0.29, 0.717) is 6.54 Å². The fraction of sp³-hybridized carbons (Fsp3) is 0.571. The molecule has 0 bridgehead atoms. The molecule has 1 saturated heterocycles. The van der Waals surface area contributed by atoms with Gasteiger partial charge in [0.2, 0.25) is 0 Å². The highest BCUT2D eigenvalue weighted by atomic mass is 19.1. The molecule has 2 rings (SSSR count). The fourth-order valence-corrected chi connectivity index (χ4v) is 1.37. The van der Waals surface area contributed by atoms with Crippen LogP contribution in [0, 0.1) is 5.92 Å². The van der Waals surface area contributed by atoms with Crippen molar-refractivity contribution in [3.05, 3.63) is 11.3 Å². The van der Waals surface area contributed by atoms with E-state index in [1.165, 1.54) is 0 Å². The lowest BCUT2D eigenvalue weighted by atomic mass is 9.91. The van der Waals surface area contributed by atoms with Crippen LogP contribution in [0.5, 0.6) is 0 Å². The number of alkyl halides is 1. The lowest BCUT2D eigenvalue weighted by Crippen LogP contribution is -2.50. The van der Waals surface area contributed by atoms with Crippen LogP contribution in [0.4, 0.5) is 4.39 Å². The zero-order valence-electron chi connectivity index (χ0n) is 5.76. The number of aliphatic imine (C=N–C) groups is 1. The Balaban J connectivity index is 2.27. The van der Waals surface area contributed by atoms with Gasteiger partial charge in [-0.1, -0.05) is 0 Å². The summed E-state index contributed by atoms with van der Waals surface area (Å²) in [7, 11) is 0. The maximum atomic E-state index is 12.6. The van der Waals surface area contributed by atoms with E-state index in [1.54, 1.807) is 6.21 Å². The molecule has 2 aliphatic rings. The molecule has 2 atom stereocenters. The summed E-state index contributed by atoms with van der Waals surface area (Å²) < 4.78 is 12.6. The molecule has 1 unspecified atom stereocenters. The summed E-state index contributed by atoms with van der Waals surface area (Å²) in [5.41, 5.74) is 2.12. The van der Waals surface area contributed by atoms with Crippen LogP contribution in [-0.2, 0) is 0 Å². The summed E-state index contributed by atoms with van der Waals surface area (Å²) in [6.45, 7) is 2.56. The predicted octanol–water partition coefficient (Wildman–Crippen LogP) is 0.860. The zero-order chi connectivity index (χ0) is 7.14. The van der Waals surface area contributed by atoms with Gasteiger partial charge < -0.3 is 5.32 Å². The van der Waals surface area contributed by atoms with Gasteiger partial charge in [0, 0.05) is 11.9 Å². The smallest absolute Gasteiger partial charge is 0.180 e. The number of nitrogens with zero attached hydrogens (tertiary/aromatic N) is 1. The predicted molar refractivity (Wildman–Crippen MR) is 37.6 cm³/mol. The first-order valence-electron chi connectivity index (χ1n) is 3.40. The Hall–Kier alpha value is -0.860. The number of allylic oxidation sites excluding steroid dienone is 1. The second-order valence-corrected chi connectivity index (χ2v) is 2.74. The van der Waals surface area contributed by atoms with Gasteiger partial charge in [0.1, 0.15) is 0 Å². The molecule has 0 aromatic rings. The molecule has 0 amide bonds. The Bertz CT molecular complexity index is 220. The van der Waals surface area contributed by atoms with Crippen LogP contribution in [0.3, 0.4) is 0 Å². The largest absolute Gasteiger partial charge is 0.358 e. The first-order chi connectivity index (χ1) is 4.79. The van der Waals surface area contributed by atoms with E-state index in [9.17, 15) is 4.39 Å². The van der Waals surface area contributed by atoms with Crippen molar-refractivity contribution in [2.24, 2.45) is 10.9 Å². The van der Waals surface area contributed by atoms with E-state index in [4.69, 9.17) is 0 Å². The van der Waals surface area contributed by atoms with Gasteiger partial charge in [-0.25, -0.2) is 4.39 Å². The molecular weight excluding hydrogens is 131 g/mol. The van der Waals surface area contributed by atoms with E-state index in [2.05, 4.69) is 10.3 Å². The van der Waals surface area contributed by atoms with Gasteiger partial charge in [-0.15, -0.1) is 0 Å². The summed E-state index contributed by atoms with van der Waals surface area (Å²) in [6.07, 6.45) is 0.937. The van der Waals surface area contributed by atoms with E-state index >= 15 is 0 Å². The molecule has 0 aromatic carbocycles. The van der Waals surface area contributed by atoms with Crippen LogP contribution in [-0.4, -0.2) is 19.1 Å². The molecule has 10 heavy (non-hydrogen) atoms. The number of hydrogen-bond acceptors (Lipinski definition) is 2. The van der Waals surface area contributed by atoms with Gasteiger partial charge in [0.25, 0.3) is 0 Å². The Kier molecular flexibility index (Phi) is 1.07. The highest BCUT2D eigenvalue weighted by molar-refractivity contribution is 5.80. The lowest BCUT2D eigenvalue weighted by molar-refractivity contribution is 0.144. The highest BCUT2D eigenvalue weighted by Gasteiger charge is 2.37. The average Bonchev–Trinajstić information content (AvgIpc) is 1.91. The van der Waals surface area contributed by atoms with E-state index in [1.807, 2.05) is 6.92 Å². The van der Waals surface area contributed by atoms with Crippen molar-refractivity contribution < 1.29 is 4.39 Å². The average molecular weight is 140 g/mol. The van der Waals surface area contributed by atoms with Crippen molar-refractivity contribution in [1.82, 2.24) is 5.32 Å². The zero-order valence-corrected chi connectivity index (χ0v) is 5.76. The molecule has 0 radical (unpaired) electrons. The van der Waals surface area contributed by atoms with E-state index < -0.39 is 6.30 Å². The van der Waals surface area contributed by atoms with Crippen LogP contribution in [0.15, 0.2) is 16.3 Å². The second-order valence-electron chi connectivity index (χ2n) is 2.74. The molecular formula is C7H9FN2. The molecule has 3 heteroatoms. The number of dihydropyridines is 1. The van der Waals surface area contributed by atoms with Gasteiger partial charge in [0.05, 0.1) is 12.5 Å². The van der Waals surface area contributed by atoms with Gasteiger partial charge in [-0.3, -0.25) is 4.99 Å². The number of hydrogen-bond donors (Lipinski definition) is 1. The van der Waals surface area contributed by atoms with Gasteiger partial charge in [-0.05, 0) is 12.5 Å². The minimum absolute atomic E-state index is 0.0324. The minimum atomic E-state index is -0.859. The fourth-order valence-electron chi connectivity index (χ4n) is 1.37. The van der Waals surface area contributed by atoms with E-state index in [0.717, 1.165) is 11.3 Å². The summed E-state index contributed by atoms with van der Waals surface area (Å²) in [5.74, 6) is 0.0324. The quantitative estimate of drug-likeness (QED) is 0.496. The molecule has 1 fully saturated rings. The maximum absolute atomic E-state index is 12.6. The van der Waals surface area contributed by atoms with Crippen molar-refractivity contribution >= 4 is 6.21 Å². The third-order valence-electron chi connectivity index (χ3n) is 2.03. The van der Waals surface area contributed by atoms with Gasteiger partial charge in [0.15, 0.2) is 6.30 Å².